The maximum Gasteiger partial charge on any atom is 0.219 e. The van der Waals surface area contributed by atoms with Gasteiger partial charge >= 0.3 is 0 Å². The molecule has 4 nitrogen and oxygen atoms in total. The summed E-state index contributed by atoms with van der Waals surface area (Å²) in [6.07, 6.45) is 0. The molecule has 2 atom stereocenters. The van der Waals surface area contributed by atoms with Gasteiger partial charge in [-0.1, -0.05) is 13.8 Å². The van der Waals surface area contributed by atoms with Crippen LogP contribution in [-0.4, -0.2) is 10.8 Å². The Balaban J connectivity index is 4.57. The van der Waals surface area contributed by atoms with E-state index >= 15 is 0 Å². The second-order valence-corrected chi connectivity index (χ2v) is 2.79. The Morgan fingerprint density at radius 1 is 1.45 bits per heavy atom. The summed E-state index contributed by atoms with van der Waals surface area (Å²) in [5.41, 5.74) is 3.12. The molecular weight excluding hydrogens is 142 g/mol. The SMILES string of the molecule is CC(C)C(C#N)C(N)(O)C#N. The summed E-state index contributed by atoms with van der Waals surface area (Å²) in [6, 6.07) is 3.28. The molecule has 0 amide bonds. The van der Waals surface area contributed by atoms with Crippen molar-refractivity contribution in [3.8, 4) is 12.1 Å². The molecule has 11 heavy (non-hydrogen) atoms. The van der Waals surface area contributed by atoms with E-state index in [1.54, 1.807) is 19.9 Å². The number of nitrogens with two attached hydrogens (primary N) is 1. The van der Waals surface area contributed by atoms with E-state index in [0.717, 1.165) is 0 Å². The van der Waals surface area contributed by atoms with Crippen molar-refractivity contribution in [1.82, 2.24) is 0 Å². The van der Waals surface area contributed by atoms with Gasteiger partial charge in [0, 0.05) is 0 Å². The maximum absolute atomic E-state index is 9.15. The first-order valence-corrected chi connectivity index (χ1v) is 3.27. The van der Waals surface area contributed by atoms with E-state index < -0.39 is 11.6 Å². The highest BCUT2D eigenvalue weighted by atomic mass is 16.3. The molecule has 0 fully saturated rings. The van der Waals surface area contributed by atoms with Gasteiger partial charge in [-0.05, 0) is 5.92 Å². The monoisotopic (exact) mass is 153 g/mol. The summed E-state index contributed by atoms with van der Waals surface area (Å²) >= 11 is 0. The highest BCUT2D eigenvalue weighted by Crippen LogP contribution is 2.19. The van der Waals surface area contributed by atoms with Gasteiger partial charge in [0.2, 0.25) is 5.72 Å². The van der Waals surface area contributed by atoms with Crippen molar-refractivity contribution in [2.24, 2.45) is 17.6 Å². The number of aliphatic hydroxyl groups is 1. The third-order valence-corrected chi connectivity index (χ3v) is 1.46. The minimum Gasteiger partial charge on any atom is -0.363 e. The van der Waals surface area contributed by atoms with Crippen molar-refractivity contribution in [1.29, 1.82) is 10.5 Å². The van der Waals surface area contributed by atoms with Crippen LogP contribution in [0.3, 0.4) is 0 Å². The minimum absolute atomic E-state index is 0.130. The molecule has 0 aliphatic rings. The standard InChI is InChI=1S/C7H11N3O/c1-5(2)6(3-8)7(10,11)4-9/h5-6,11H,10H2,1-2H3. The summed E-state index contributed by atoms with van der Waals surface area (Å²) in [5.74, 6) is -0.970. The molecule has 3 N–H and O–H groups in total. The van der Waals surface area contributed by atoms with Gasteiger partial charge in [0.25, 0.3) is 0 Å². The lowest BCUT2D eigenvalue weighted by Crippen LogP contribution is -2.47. The number of hydrogen-bond donors (Lipinski definition) is 2. The summed E-state index contributed by atoms with van der Waals surface area (Å²) in [6.45, 7) is 3.45. The number of nitriles is 2. The summed E-state index contributed by atoms with van der Waals surface area (Å²) < 4.78 is 0. The summed E-state index contributed by atoms with van der Waals surface area (Å²) in [5, 5.41) is 26.0. The van der Waals surface area contributed by atoms with Gasteiger partial charge in [0.15, 0.2) is 0 Å². The van der Waals surface area contributed by atoms with Crippen molar-refractivity contribution < 1.29 is 5.11 Å². The lowest BCUT2D eigenvalue weighted by Gasteiger charge is -2.22. The highest BCUT2D eigenvalue weighted by molar-refractivity contribution is 5.08. The first-order valence-electron chi connectivity index (χ1n) is 3.27. The van der Waals surface area contributed by atoms with E-state index in [-0.39, 0.29) is 5.92 Å². The second-order valence-electron chi connectivity index (χ2n) is 2.79. The number of rotatable bonds is 2. The quantitative estimate of drug-likeness (QED) is 0.429. The van der Waals surface area contributed by atoms with Crippen LogP contribution in [0.1, 0.15) is 13.8 Å². The molecule has 0 bridgehead atoms. The molecule has 2 unspecified atom stereocenters. The Labute approximate surface area is 65.8 Å². The molecular formula is C7H11N3O. The molecule has 0 heterocycles. The lowest BCUT2D eigenvalue weighted by molar-refractivity contribution is 0.0464. The number of nitrogens with zero attached hydrogens (tertiary/aromatic N) is 2. The molecule has 0 aliphatic heterocycles. The smallest absolute Gasteiger partial charge is 0.219 e. The van der Waals surface area contributed by atoms with E-state index in [9.17, 15) is 0 Å². The zero-order chi connectivity index (χ0) is 9.07. The van der Waals surface area contributed by atoms with E-state index in [1.165, 1.54) is 6.07 Å². The zero-order valence-electron chi connectivity index (χ0n) is 6.57. The van der Waals surface area contributed by atoms with Crippen LogP contribution in [0.25, 0.3) is 0 Å². The van der Waals surface area contributed by atoms with Crippen LogP contribution in [0.5, 0.6) is 0 Å². The summed E-state index contributed by atoms with van der Waals surface area (Å²) in [4.78, 5) is 0. The van der Waals surface area contributed by atoms with Crippen LogP contribution in [0.4, 0.5) is 0 Å². The largest absolute Gasteiger partial charge is 0.363 e. The zero-order valence-corrected chi connectivity index (χ0v) is 6.57. The molecule has 0 rings (SSSR count). The van der Waals surface area contributed by atoms with Crippen molar-refractivity contribution in [2.45, 2.75) is 19.6 Å². The number of hydrogen-bond acceptors (Lipinski definition) is 4. The molecule has 0 aromatic heterocycles. The topological polar surface area (TPSA) is 93.8 Å². The second kappa shape index (κ2) is 3.34. The fourth-order valence-electron chi connectivity index (χ4n) is 0.825. The van der Waals surface area contributed by atoms with Gasteiger partial charge < -0.3 is 5.11 Å². The van der Waals surface area contributed by atoms with Gasteiger partial charge in [0.1, 0.15) is 12.0 Å². The van der Waals surface area contributed by atoms with E-state index in [0.29, 0.717) is 0 Å². The first kappa shape index (κ1) is 9.90. The molecule has 0 radical (unpaired) electrons. The molecule has 0 saturated heterocycles. The Bertz CT molecular complexity index is 209. The van der Waals surface area contributed by atoms with Crippen molar-refractivity contribution in [3.63, 3.8) is 0 Å². The molecule has 4 heteroatoms. The lowest BCUT2D eigenvalue weighted by atomic mass is 9.88. The van der Waals surface area contributed by atoms with E-state index in [2.05, 4.69) is 0 Å². The van der Waals surface area contributed by atoms with Crippen LogP contribution < -0.4 is 5.73 Å². The molecule has 0 saturated carbocycles. The molecule has 60 valence electrons. The van der Waals surface area contributed by atoms with Crippen LogP contribution in [0.15, 0.2) is 0 Å². The normalized spacial score (nSPS) is 18.1. The maximum atomic E-state index is 9.15. The third-order valence-electron chi connectivity index (χ3n) is 1.46. The average Bonchev–Trinajstić information content (AvgIpc) is 1.88. The minimum atomic E-state index is -2.02. The third kappa shape index (κ3) is 2.19. The Morgan fingerprint density at radius 3 is 2.00 bits per heavy atom. The molecule has 0 aromatic rings. The van der Waals surface area contributed by atoms with Crippen LogP contribution in [0.2, 0.25) is 0 Å². The van der Waals surface area contributed by atoms with Gasteiger partial charge in [0.05, 0.1) is 6.07 Å². The fraction of sp³-hybridized carbons (Fsp3) is 0.714. The van der Waals surface area contributed by atoms with Gasteiger partial charge in [-0.2, -0.15) is 10.5 Å². The van der Waals surface area contributed by atoms with E-state index in [1.807, 2.05) is 0 Å². The Morgan fingerprint density at radius 2 is 1.91 bits per heavy atom. The highest BCUT2D eigenvalue weighted by Gasteiger charge is 2.35. The first-order chi connectivity index (χ1) is 4.95. The van der Waals surface area contributed by atoms with Crippen molar-refractivity contribution in [3.05, 3.63) is 0 Å². The van der Waals surface area contributed by atoms with Crippen molar-refractivity contribution >= 4 is 0 Å². The van der Waals surface area contributed by atoms with Gasteiger partial charge in [-0.3, -0.25) is 5.73 Å². The van der Waals surface area contributed by atoms with Crippen LogP contribution in [0, 0.1) is 34.5 Å². The molecule has 0 aromatic carbocycles. The van der Waals surface area contributed by atoms with E-state index in [4.69, 9.17) is 21.4 Å². The Hall–Kier alpha value is -1.10. The Kier molecular flexibility index (Phi) is 3.00. The molecule has 0 aliphatic carbocycles. The van der Waals surface area contributed by atoms with Gasteiger partial charge in [-0.15, -0.1) is 0 Å². The fourth-order valence-corrected chi connectivity index (χ4v) is 0.825. The molecule has 0 spiro atoms. The van der Waals surface area contributed by atoms with Crippen LogP contribution >= 0.6 is 0 Å². The van der Waals surface area contributed by atoms with Crippen molar-refractivity contribution in [2.75, 3.05) is 0 Å². The average molecular weight is 153 g/mol. The summed E-state index contributed by atoms with van der Waals surface area (Å²) in [7, 11) is 0. The predicted octanol–water partition coefficient (Wildman–Crippen LogP) is -0.0469. The van der Waals surface area contributed by atoms with Gasteiger partial charge in [-0.25, -0.2) is 0 Å². The predicted molar refractivity (Wildman–Crippen MR) is 38.7 cm³/mol. The van der Waals surface area contributed by atoms with Crippen LogP contribution in [-0.2, 0) is 0 Å².